The molecule has 0 spiro atoms. The van der Waals surface area contributed by atoms with Crippen molar-refractivity contribution in [2.24, 2.45) is 5.73 Å². The SMILES string of the molecule is CN1C2CCC1CC(N1CC(N)CC1=O)C2. The summed E-state index contributed by atoms with van der Waals surface area (Å²) in [6, 6.07) is 1.95. The first kappa shape index (κ1) is 10.5. The smallest absolute Gasteiger partial charge is 0.224 e. The molecule has 1 amide bonds. The fraction of sp³-hybridized carbons (Fsp3) is 0.917. The molecule has 0 aromatic heterocycles. The van der Waals surface area contributed by atoms with Crippen LogP contribution in [0, 0.1) is 0 Å². The lowest BCUT2D eigenvalue weighted by molar-refractivity contribution is -0.130. The van der Waals surface area contributed by atoms with Crippen LogP contribution in [-0.4, -0.2) is 53.5 Å². The van der Waals surface area contributed by atoms with Gasteiger partial charge in [-0.15, -0.1) is 0 Å². The molecule has 3 fully saturated rings. The van der Waals surface area contributed by atoms with Crippen LogP contribution < -0.4 is 5.73 Å². The average molecular weight is 223 g/mol. The molecule has 3 unspecified atom stereocenters. The standard InChI is InChI=1S/C12H21N3O/c1-14-9-2-3-10(14)6-11(5-9)15-7-8(13)4-12(15)16/h8-11H,2-7,13H2,1H3. The highest BCUT2D eigenvalue weighted by Crippen LogP contribution is 2.37. The van der Waals surface area contributed by atoms with E-state index in [4.69, 9.17) is 5.73 Å². The van der Waals surface area contributed by atoms with E-state index in [1.165, 1.54) is 12.8 Å². The quantitative estimate of drug-likeness (QED) is 0.689. The molecule has 3 heterocycles. The number of likely N-dealkylation sites (tertiary alicyclic amines) is 1. The predicted molar refractivity (Wildman–Crippen MR) is 61.9 cm³/mol. The summed E-state index contributed by atoms with van der Waals surface area (Å²) in [7, 11) is 2.23. The molecule has 4 heteroatoms. The number of carbonyl (C=O) groups excluding carboxylic acids is 1. The topological polar surface area (TPSA) is 49.6 Å². The number of fused-ring (bicyclic) bond motifs is 2. The normalized spacial score (nSPS) is 44.4. The van der Waals surface area contributed by atoms with Crippen LogP contribution in [0.5, 0.6) is 0 Å². The van der Waals surface area contributed by atoms with Gasteiger partial charge in [0.2, 0.25) is 5.91 Å². The van der Waals surface area contributed by atoms with Gasteiger partial charge in [-0.3, -0.25) is 4.79 Å². The summed E-state index contributed by atoms with van der Waals surface area (Å²) < 4.78 is 0. The Morgan fingerprint density at radius 1 is 1.19 bits per heavy atom. The van der Waals surface area contributed by atoms with E-state index in [2.05, 4.69) is 16.8 Å². The van der Waals surface area contributed by atoms with Gasteiger partial charge in [-0.1, -0.05) is 0 Å². The summed E-state index contributed by atoms with van der Waals surface area (Å²) in [6.45, 7) is 0.784. The molecule has 4 nitrogen and oxygen atoms in total. The lowest BCUT2D eigenvalue weighted by Gasteiger charge is -2.40. The van der Waals surface area contributed by atoms with E-state index >= 15 is 0 Å². The van der Waals surface area contributed by atoms with Crippen LogP contribution >= 0.6 is 0 Å². The summed E-state index contributed by atoms with van der Waals surface area (Å²) in [6.07, 6.45) is 5.50. The Kier molecular flexibility index (Phi) is 2.44. The molecule has 0 radical (unpaired) electrons. The van der Waals surface area contributed by atoms with Crippen LogP contribution in [0.15, 0.2) is 0 Å². The van der Waals surface area contributed by atoms with Crippen molar-refractivity contribution in [3.05, 3.63) is 0 Å². The van der Waals surface area contributed by atoms with E-state index in [9.17, 15) is 4.79 Å². The molecule has 3 atom stereocenters. The average Bonchev–Trinajstić information content (AvgIpc) is 2.65. The van der Waals surface area contributed by atoms with Crippen LogP contribution in [0.4, 0.5) is 0 Å². The van der Waals surface area contributed by atoms with Gasteiger partial charge in [0.15, 0.2) is 0 Å². The Balaban J connectivity index is 1.71. The third-order valence-electron chi connectivity index (χ3n) is 4.70. The molecule has 0 aromatic carbocycles. The first-order valence-corrected chi connectivity index (χ1v) is 6.42. The molecular weight excluding hydrogens is 202 g/mol. The van der Waals surface area contributed by atoms with Crippen molar-refractivity contribution in [1.29, 1.82) is 0 Å². The highest BCUT2D eigenvalue weighted by molar-refractivity contribution is 5.79. The lowest BCUT2D eigenvalue weighted by Crippen LogP contribution is -2.49. The highest BCUT2D eigenvalue weighted by atomic mass is 16.2. The number of rotatable bonds is 1. The molecule has 0 aromatic rings. The zero-order valence-electron chi connectivity index (χ0n) is 9.93. The Morgan fingerprint density at radius 3 is 2.31 bits per heavy atom. The molecular formula is C12H21N3O. The van der Waals surface area contributed by atoms with E-state index in [1.54, 1.807) is 0 Å². The van der Waals surface area contributed by atoms with Gasteiger partial charge in [0.25, 0.3) is 0 Å². The molecule has 2 N–H and O–H groups in total. The monoisotopic (exact) mass is 223 g/mol. The van der Waals surface area contributed by atoms with Crippen molar-refractivity contribution < 1.29 is 4.79 Å². The van der Waals surface area contributed by atoms with Crippen molar-refractivity contribution in [2.45, 2.75) is 56.3 Å². The van der Waals surface area contributed by atoms with E-state index < -0.39 is 0 Å². The van der Waals surface area contributed by atoms with Crippen molar-refractivity contribution in [3.8, 4) is 0 Å². The Hall–Kier alpha value is -0.610. The van der Waals surface area contributed by atoms with Gasteiger partial charge in [-0.05, 0) is 32.7 Å². The number of carbonyl (C=O) groups is 1. The van der Waals surface area contributed by atoms with Gasteiger partial charge in [-0.2, -0.15) is 0 Å². The Labute approximate surface area is 96.8 Å². The molecule has 3 saturated heterocycles. The van der Waals surface area contributed by atoms with Crippen LogP contribution in [0.1, 0.15) is 32.1 Å². The molecule has 0 saturated carbocycles. The van der Waals surface area contributed by atoms with Gasteiger partial charge < -0.3 is 15.5 Å². The second kappa shape index (κ2) is 3.70. The zero-order valence-corrected chi connectivity index (χ0v) is 9.93. The van der Waals surface area contributed by atoms with Gasteiger partial charge in [0.05, 0.1) is 0 Å². The largest absolute Gasteiger partial charge is 0.338 e. The summed E-state index contributed by atoms with van der Waals surface area (Å²) in [5.41, 5.74) is 5.86. The first-order valence-electron chi connectivity index (χ1n) is 6.42. The maximum Gasteiger partial charge on any atom is 0.224 e. The minimum absolute atomic E-state index is 0.0739. The first-order chi connectivity index (χ1) is 7.65. The third-order valence-corrected chi connectivity index (χ3v) is 4.70. The minimum Gasteiger partial charge on any atom is -0.338 e. The van der Waals surface area contributed by atoms with Crippen molar-refractivity contribution in [2.75, 3.05) is 13.6 Å². The molecule has 0 aliphatic carbocycles. The van der Waals surface area contributed by atoms with Gasteiger partial charge in [0.1, 0.15) is 0 Å². The molecule has 3 aliphatic heterocycles. The van der Waals surface area contributed by atoms with E-state index in [0.717, 1.165) is 19.4 Å². The van der Waals surface area contributed by atoms with Gasteiger partial charge >= 0.3 is 0 Å². The van der Waals surface area contributed by atoms with E-state index in [0.29, 0.717) is 24.5 Å². The van der Waals surface area contributed by atoms with Crippen LogP contribution in [0.2, 0.25) is 0 Å². The molecule has 3 aliphatic rings. The number of hydrogen-bond donors (Lipinski definition) is 1. The van der Waals surface area contributed by atoms with Crippen molar-refractivity contribution in [1.82, 2.24) is 9.80 Å². The Bertz CT molecular complexity index is 293. The van der Waals surface area contributed by atoms with Gasteiger partial charge in [0, 0.05) is 37.1 Å². The molecule has 3 rings (SSSR count). The second-order valence-electron chi connectivity index (χ2n) is 5.69. The van der Waals surface area contributed by atoms with Crippen LogP contribution in [0.25, 0.3) is 0 Å². The minimum atomic E-state index is 0.0739. The van der Waals surface area contributed by atoms with Crippen molar-refractivity contribution >= 4 is 5.91 Å². The fourth-order valence-electron chi connectivity index (χ4n) is 3.75. The number of nitrogens with two attached hydrogens (primary N) is 1. The number of nitrogens with zero attached hydrogens (tertiary/aromatic N) is 2. The number of amides is 1. The van der Waals surface area contributed by atoms with E-state index in [1.807, 2.05) is 0 Å². The molecule has 16 heavy (non-hydrogen) atoms. The fourth-order valence-corrected chi connectivity index (χ4v) is 3.75. The maximum absolute atomic E-state index is 11.8. The van der Waals surface area contributed by atoms with Crippen LogP contribution in [-0.2, 0) is 4.79 Å². The van der Waals surface area contributed by atoms with Gasteiger partial charge in [-0.25, -0.2) is 0 Å². The summed E-state index contributed by atoms with van der Waals surface area (Å²) in [4.78, 5) is 16.4. The van der Waals surface area contributed by atoms with Crippen LogP contribution in [0.3, 0.4) is 0 Å². The lowest BCUT2D eigenvalue weighted by atomic mass is 9.97. The highest BCUT2D eigenvalue weighted by Gasteiger charge is 2.43. The number of piperidine rings is 1. The predicted octanol–water partition coefficient (Wildman–Crippen LogP) is 0.171. The third kappa shape index (κ3) is 1.55. The summed E-state index contributed by atoms with van der Waals surface area (Å²) in [5, 5.41) is 0. The van der Waals surface area contributed by atoms with E-state index in [-0.39, 0.29) is 11.9 Å². The second-order valence-corrected chi connectivity index (χ2v) is 5.69. The number of hydrogen-bond acceptors (Lipinski definition) is 3. The van der Waals surface area contributed by atoms with Crippen molar-refractivity contribution in [3.63, 3.8) is 0 Å². The zero-order chi connectivity index (χ0) is 11.3. The summed E-state index contributed by atoms with van der Waals surface area (Å²) >= 11 is 0. The molecule has 2 bridgehead atoms. The Morgan fingerprint density at radius 2 is 1.81 bits per heavy atom. The maximum atomic E-state index is 11.8. The summed E-state index contributed by atoms with van der Waals surface area (Å²) in [5.74, 6) is 0.279. The molecule has 90 valence electrons.